The third-order valence-corrected chi connectivity index (χ3v) is 2.50. The average molecular weight is 243 g/mol. The summed E-state index contributed by atoms with van der Waals surface area (Å²) in [5.41, 5.74) is 0. The maximum atomic E-state index is 10.2. The van der Waals surface area contributed by atoms with Crippen molar-refractivity contribution >= 4 is 17.7 Å². The van der Waals surface area contributed by atoms with E-state index in [1.807, 2.05) is 0 Å². The minimum absolute atomic E-state index is 0.0944. The molecule has 1 heterocycles. The van der Waals surface area contributed by atoms with Crippen LogP contribution in [0.25, 0.3) is 0 Å². The Balaban J connectivity index is 2.67. The fourth-order valence-corrected chi connectivity index (χ4v) is 1.53. The van der Waals surface area contributed by atoms with Gasteiger partial charge in [-0.1, -0.05) is 0 Å². The highest BCUT2D eigenvalue weighted by Crippen LogP contribution is 2.17. The molecule has 0 spiro atoms. The molecule has 0 amide bonds. The van der Waals surface area contributed by atoms with Gasteiger partial charge in [-0.15, -0.1) is 11.8 Å². The molecule has 0 aliphatic carbocycles. The van der Waals surface area contributed by atoms with Crippen molar-refractivity contribution < 1.29 is 19.4 Å². The molecular formula is C9H11N2O4S-. The first-order valence-electron chi connectivity index (χ1n) is 4.39. The van der Waals surface area contributed by atoms with Gasteiger partial charge in [0.1, 0.15) is 5.82 Å². The van der Waals surface area contributed by atoms with Crippen molar-refractivity contribution in [1.82, 2.24) is 9.97 Å². The van der Waals surface area contributed by atoms with Gasteiger partial charge < -0.3 is 19.4 Å². The Kier molecular flexibility index (Phi) is 4.84. The highest BCUT2D eigenvalue weighted by molar-refractivity contribution is 7.99. The molecule has 7 heteroatoms. The first-order chi connectivity index (χ1) is 7.65. The van der Waals surface area contributed by atoms with Gasteiger partial charge >= 0.3 is 0 Å². The minimum atomic E-state index is -1.11. The monoisotopic (exact) mass is 243 g/mol. The van der Waals surface area contributed by atoms with Crippen LogP contribution in [0.2, 0.25) is 0 Å². The number of hydrogen-bond acceptors (Lipinski definition) is 7. The molecule has 88 valence electrons. The van der Waals surface area contributed by atoms with E-state index in [2.05, 4.69) is 9.97 Å². The van der Waals surface area contributed by atoms with Gasteiger partial charge in [-0.3, -0.25) is 0 Å². The summed E-state index contributed by atoms with van der Waals surface area (Å²) in [5, 5.41) is 10.2. The van der Waals surface area contributed by atoms with Crippen molar-refractivity contribution in [2.45, 2.75) is 5.75 Å². The molecule has 1 aromatic heterocycles. The molecule has 1 rings (SSSR count). The molecule has 0 N–H and O–H groups in total. The number of carboxylic acid groups (broad SMARTS) is 1. The zero-order valence-corrected chi connectivity index (χ0v) is 9.74. The number of thioether (sulfide) groups is 1. The Hall–Kier alpha value is -1.50. The van der Waals surface area contributed by atoms with Crippen LogP contribution in [0.5, 0.6) is 11.8 Å². The van der Waals surface area contributed by atoms with Gasteiger partial charge in [0, 0.05) is 5.75 Å². The summed E-state index contributed by atoms with van der Waals surface area (Å²) in [5.74, 6) is 0.388. The number of carboxylic acids is 1. The molecule has 0 bridgehead atoms. The Morgan fingerprint density at radius 1 is 1.38 bits per heavy atom. The molecule has 0 fully saturated rings. The van der Waals surface area contributed by atoms with Crippen molar-refractivity contribution in [3.8, 4) is 11.8 Å². The lowest BCUT2D eigenvalue weighted by atomic mass is 10.5. The summed E-state index contributed by atoms with van der Waals surface area (Å²) in [4.78, 5) is 18.3. The molecule has 16 heavy (non-hydrogen) atoms. The fraction of sp³-hybridized carbons (Fsp3) is 0.444. The summed E-state index contributed by atoms with van der Waals surface area (Å²) >= 11 is 1.15. The van der Waals surface area contributed by atoms with Gasteiger partial charge in [-0.25, -0.2) is 0 Å². The van der Waals surface area contributed by atoms with E-state index in [0.29, 0.717) is 23.3 Å². The van der Waals surface area contributed by atoms with E-state index in [0.717, 1.165) is 11.8 Å². The smallest absolute Gasteiger partial charge is 0.220 e. The minimum Gasteiger partial charge on any atom is -0.549 e. The largest absolute Gasteiger partial charge is 0.549 e. The number of hydrogen-bond donors (Lipinski definition) is 0. The van der Waals surface area contributed by atoms with Crippen LogP contribution in [0.3, 0.4) is 0 Å². The van der Waals surface area contributed by atoms with Gasteiger partial charge in [-0.05, 0) is 0 Å². The number of carbonyl (C=O) groups excluding carboxylic acids is 1. The first-order valence-corrected chi connectivity index (χ1v) is 5.54. The highest BCUT2D eigenvalue weighted by Gasteiger charge is 2.05. The normalized spacial score (nSPS) is 9.88. The second-order valence-electron chi connectivity index (χ2n) is 2.73. The zero-order chi connectivity index (χ0) is 12.0. The quantitative estimate of drug-likeness (QED) is 0.664. The van der Waals surface area contributed by atoms with Gasteiger partial charge in [0.15, 0.2) is 0 Å². The molecule has 0 radical (unpaired) electrons. The van der Waals surface area contributed by atoms with E-state index in [-0.39, 0.29) is 5.75 Å². The Bertz CT molecular complexity index is 350. The summed E-state index contributed by atoms with van der Waals surface area (Å²) in [6, 6.07) is 1.55. The number of rotatable bonds is 6. The van der Waals surface area contributed by atoms with Crippen molar-refractivity contribution in [3.63, 3.8) is 0 Å². The number of ether oxygens (including phenoxy) is 2. The number of nitrogens with zero attached hydrogens (tertiary/aromatic N) is 2. The van der Waals surface area contributed by atoms with Crippen molar-refractivity contribution in [3.05, 3.63) is 11.9 Å². The number of aromatic nitrogens is 2. The second-order valence-corrected chi connectivity index (χ2v) is 3.72. The third kappa shape index (κ3) is 3.93. The fourth-order valence-electron chi connectivity index (χ4n) is 0.949. The zero-order valence-electron chi connectivity index (χ0n) is 8.93. The van der Waals surface area contributed by atoms with Gasteiger partial charge in [0.2, 0.25) is 11.8 Å². The van der Waals surface area contributed by atoms with Gasteiger partial charge in [-0.2, -0.15) is 9.97 Å². The van der Waals surface area contributed by atoms with Gasteiger partial charge in [0.25, 0.3) is 0 Å². The Morgan fingerprint density at radius 3 is 2.38 bits per heavy atom. The van der Waals surface area contributed by atoms with Crippen LogP contribution in [0.1, 0.15) is 5.82 Å². The van der Waals surface area contributed by atoms with Crippen LogP contribution in [0, 0.1) is 0 Å². The van der Waals surface area contributed by atoms with E-state index in [9.17, 15) is 9.90 Å². The van der Waals surface area contributed by atoms with Crippen LogP contribution >= 0.6 is 11.8 Å². The lowest BCUT2D eigenvalue weighted by Gasteiger charge is -2.06. The van der Waals surface area contributed by atoms with E-state index < -0.39 is 5.97 Å². The van der Waals surface area contributed by atoms with Crippen LogP contribution in [-0.2, 0) is 10.5 Å². The average Bonchev–Trinajstić information content (AvgIpc) is 2.28. The SMILES string of the molecule is COc1cc(OC)nc(CSCC(=O)[O-])n1. The van der Waals surface area contributed by atoms with Crippen LogP contribution < -0.4 is 14.6 Å². The number of carbonyl (C=O) groups is 1. The lowest BCUT2D eigenvalue weighted by molar-refractivity contribution is -0.301. The molecule has 1 aromatic rings. The van der Waals surface area contributed by atoms with E-state index in [4.69, 9.17) is 9.47 Å². The summed E-state index contributed by atoms with van der Waals surface area (Å²) < 4.78 is 9.91. The maximum Gasteiger partial charge on any atom is 0.220 e. The molecule has 0 saturated carbocycles. The van der Waals surface area contributed by atoms with Crippen molar-refractivity contribution in [2.75, 3.05) is 20.0 Å². The van der Waals surface area contributed by atoms with Crippen LogP contribution in [-0.4, -0.2) is 35.9 Å². The van der Waals surface area contributed by atoms with E-state index >= 15 is 0 Å². The van der Waals surface area contributed by atoms with E-state index in [1.54, 1.807) is 6.07 Å². The highest BCUT2D eigenvalue weighted by atomic mass is 32.2. The van der Waals surface area contributed by atoms with Crippen LogP contribution in [0.15, 0.2) is 6.07 Å². The standard InChI is InChI=1S/C9H12N2O4S/c1-14-7-3-8(15-2)11-6(10-7)4-16-5-9(12)13/h3H,4-5H2,1-2H3,(H,12,13)/p-1. The third-order valence-electron chi connectivity index (χ3n) is 1.59. The molecule has 0 aliphatic heterocycles. The summed E-state index contributed by atoms with van der Waals surface area (Å²) in [6.45, 7) is 0. The molecular weight excluding hydrogens is 232 g/mol. The summed E-state index contributed by atoms with van der Waals surface area (Å²) in [6.07, 6.45) is 0. The number of aliphatic carboxylic acids is 1. The topological polar surface area (TPSA) is 84.4 Å². The maximum absolute atomic E-state index is 10.2. The first kappa shape index (κ1) is 12.6. The Morgan fingerprint density at radius 2 is 1.94 bits per heavy atom. The molecule has 0 aliphatic rings. The van der Waals surface area contributed by atoms with Crippen LogP contribution in [0.4, 0.5) is 0 Å². The second kappa shape index (κ2) is 6.16. The molecule has 0 saturated heterocycles. The molecule has 0 unspecified atom stereocenters. The summed E-state index contributed by atoms with van der Waals surface area (Å²) in [7, 11) is 2.97. The van der Waals surface area contributed by atoms with Crippen molar-refractivity contribution in [2.24, 2.45) is 0 Å². The molecule has 0 aromatic carbocycles. The predicted octanol–water partition coefficient (Wildman–Crippen LogP) is -0.523. The predicted molar refractivity (Wildman–Crippen MR) is 56.3 cm³/mol. The van der Waals surface area contributed by atoms with E-state index in [1.165, 1.54) is 14.2 Å². The molecule has 0 atom stereocenters. The number of methoxy groups -OCH3 is 2. The lowest BCUT2D eigenvalue weighted by Crippen LogP contribution is -2.24. The van der Waals surface area contributed by atoms with Gasteiger partial charge in [0.05, 0.1) is 32.0 Å². The molecule has 6 nitrogen and oxygen atoms in total. The van der Waals surface area contributed by atoms with Crippen molar-refractivity contribution in [1.29, 1.82) is 0 Å². The Labute approximate surface area is 97.0 Å².